The van der Waals surface area contributed by atoms with Crippen molar-refractivity contribution in [1.29, 1.82) is 0 Å². The van der Waals surface area contributed by atoms with E-state index < -0.39 is 0 Å². The van der Waals surface area contributed by atoms with Gasteiger partial charge in [-0.3, -0.25) is 4.31 Å². The number of aromatic nitrogens is 1. The van der Waals surface area contributed by atoms with Gasteiger partial charge in [0, 0.05) is 29.8 Å². The van der Waals surface area contributed by atoms with Crippen LogP contribution in [0.3, 0.4) is 0 Å². The van der Waals surface area contributed by atoms with Crippen LogP contribution in [0.25, 0.3) is 11.3 Å². The summed E-state index contributed by atoms with van der Waals surface area (Å²) in [5, 5.41) is 4.57. The highest BCUT2D eigenvalue weighted by Crippen LogP contribution is 2.39. The first-order chi connectivity index (χ1) is 12.1. The molecule has 0 radical (unpaired) electrons. The highest BCUT2D eigenvalue weighted by molar-refractivity contribution is 7.97. The summed E-state index contributed by atoms with van der Waals surface area (Å²) in [4.78, 5) is 0. The Morgan fingerprint density at radius 3 is 2.60 bits per heavy atom. The standard InChI is InChI=1S/C20H28N2O2S/c1-5-10-22(11-6-2)25-16-12-18-17(8-7-9-19(18)23-13-16)20-14(3)15(4)21-24-20/h7-9,16H,5-6,10-13H2,1-4H3. The first-order valence-corrected chi connectivity index (χ1v) is 10.1. The van der Waals surface area contributed by atoms with Gasteiger partial charge in [-0.15, -0.1) is 0 Å². The number of aryl methyl sites for hydroxylation is 1. The smallest absolute Gasteiger partial charge is 0.170 e. The number of hydrogen-bond donors (Lipinski definition) is 0. The minimum absolute atomic E-state index is 0.441. The lowest BCUT2D eigenvalue weighted by molar-refractivity contribution is 0.291. The molecule has 0 saturated carbocycles. The molecule has 136 valence electrons. The van der Waals surface area contributed by atoms with E-state index in [1.165, 1.54) is 18.4 Å². The van der Waals surface area contributed by atoms with Gasteiger partial charge in [0.15, 0.2) is 5.76 Å². The number of fused-ring (bicyclic) bond motifs is 1. The number of ether oxygens (including phenoxy) is 1. The van der Waals surface area contributed by atoms with Crippen molar-refractivity contribution < 1.29 is 9.26 Å². The molecule has 25 heavy (non-hydrogen) atoms. The van der Waals surface area contributed by atoms with Crippen LogP contribution in [0.4, 0.5) is 0 Å². The lowest BCUT2D eigenvalue weighted by atomic mass is 9.96. The minimum atomic E-state index is 0.441. The van der Waals surface area contributed by atoms with Crippen LogP contribution in [0.2, 0.25) is 0 Å². The molecule has 0 amide bonds. The van der Waals surface area contributed by atoms with Crippen molar-refractivity contribution in [2.45, 2.75) is 52.2 Å². The summed E-state index contributed by atoms with van der Waals surface area (Å²) in [6.07, 6.45) is 3.36. The van der Waals surface area contributed by atoms with Gasteiger partial charge in [0.2, 0.25) is 0 Å². The van der Waals surface area contributed by atoms with Crippen LogP contribution in [-0.2, 0) is 6.42 Å². The zero-order valence-corrected chi connectivity index (χ0v) is 16.5. The maximum Gasteiger partial charge on any atom is 0.170 e. The van der Waals surface area contributed by atoms with Crippen molar-refractivity contribution in [3.63, 3.8) is 0 Å². The van der Waals surface area contributed by atoms with Crippen LogP contribution in [0, 0.1) is 13.8 Å². The lowest BCUT2D eigenvalue weighted by Gasteiger charge is -2.30. The Hall–Kier alpha value is -1.46. The quantitative estimate of drug-likeness (QED) is 0.647. The SMILES string of the molecule is CCCN(CCC)SC1COc2cccc(-c3onc(C)c3C)c2C1. The number of benzene rings is 1. The van der Waals surface area contributed by atoms with E-state index >= 15 is 0 Å². The molecule has 4 nitrogen and oxygen atoms in total. The summed E-state index contributed by atoms with van der Waals surface area (Å²) in [6.45, 7) is 11.6. The fourth-order valence-corrected chi connectivity index (χ4v) is 4.62. The van der Waals surface area contributed by atoms with Crippen molar-refractivity contribution in [2.75, 3.05) is 19.7 Å². The van der Waals surface area contributed by atoms with Crippen molar-refractivity contribution in [2.24, 2.45) is 0 Å². The third kappa shape index (κ3) is 4.04. The summed E-state index contributed by atoms with van der Waals surface area (Å²) in [7, 11) is 0. The molecule has 1 aliphatic rings. The number of nitrogens with zero attached hydrogens (tertiary/aromatic N) is 2. The molecule has 1 aromatic carbocycles. The molecule has 0 bridgehead atoms. The van der Waals surface area contributed by atoms with Gasteiger partial charge in [-0.05, 0) is 39.2 Å². The van der Waals surface area contributed by atoms with Crippen LogP contribution in [0.5, 0.6) is 5.75 Å². The van der Waals surface area contributed by atoms with Crippen LogP contribution in [0.1, 0.15) is 43.5 Å². The summed E-state index contributed by atoms with van der Waals surface area (Å²) in [5.41, 5.74) is 4.44. The molecule has 5 heteroatoms. The monoisotopic (exact) mass is 360 g/mol. The normalized spacial score (nSPS) is 16.8. The first-order valence-electron chi connectivity index (χ1n) is 9.23. The van der Waals surface area contributed by atoms with Crippen LogP contribution < -0.4 is 4.74 Å². The summed E-state index contributed by atoms with van der Waals surface area (Å²) in [5.74, 6) is 1.86. The number of rotatable bonds is 7. The topological polar surface area (TPSA) is 38.5 Å². The Bertz CT molecular complexity index is 708. The molecule has 0 fully saturated rings. The van der Waals surface area contributed by atoms with Crippen molar-refractivity contribution in [3.8, 4) is 17.1 Å². The summed E-state index contributed by atoms with van der Waals surface area (Å²) >= 11 is 1.95. The molecular formula is C20H28N2O2S. The van der Waals surface area contributed by atoms with E-state index in [1.807, 2.05) is 24.9 Å². The van der Waals surface area contributed by atoms with Crippen LogP contribution >= 0.6 is 11.9 Å². The van der Waals surface area contributed by atoms with E-state index in [-0.39, 0.29) is 0 Å². The molecule has 2 aromatic rings. The molecule has 1 unspecified atom stereocenters. The van der Waals surface area contributed by atoms with Gasteiger partial charge in [-0.2, -0.15) is 0 Å². The zero-order valence-electron chi connectivity index (χ0n) is 15.7. The molecule has 2 heterocycles. The van der Waals surface area contributed by atoms with Crippen molar-refractivity contribution in [3.05, 3.63) is 35.0 Å². The van der Waals surface area contributed by atoms with Gasteiger partial charge in [-0.1, -0.05) is 43.1 Å². The second-order valence-corrected chi connectivity index (χ2v) is 8.07. The van der Waals surface area contributed by atoms with E-state index in [0.29, 0.717) is 5.25 Å². The maximum absolute atomic E-state index is 6.09. The highest BCUT2D eigenvalue weighted by Gasteiger charge is 2.27. The predicted molar refractivity (Wildman–Crippen MR) is 104 cm³/mol. The van der Waals surface area contributed by atoms with Gasteiger partial charge >= 0.3 is 0 Å². The Balaban J connectivity index is 1.83. The molecule has 0 saturated heterocycles. The Kier molecular flexibility index (Phi) is 6.07. The van der Waals surface area contributed by atoms with Gasteiger partial charge < -0.3 is 9.26 Å². The van der Waals surface area contributed by atoms with Gasteiger partial charge in [0.05, 0.1) is 10.9 Å². The first kappa shape index (κ1) is 18.3. The average molecular weight is 361 g/mol. The summed E-state index contributed by atoms with van der Waals surface area (Å²) < 4.78 is 14.2. The molecule has 1 aliphatic heterocycles. The van der Waals surface area contributed by atoms with Gasteiger partial charge in [0.1, 0.15) is 12.4 Å². The Labute approximate surface area is 155 Å². The van der Waals surface area contributed by atoms with Gasteiger partial charge in [-0.25, -0.2) is 0 Å². The van der Waals surface area contributed by atoms with E-state index in [2.05, 4.69) is 42.4 Å². The largest absolute Gasteiger partial charge is 0.492 e. The molecule has 0 spiro atoms. The Morgan fingerprint density at radius 1 is 1.20 bits per heavy atom. The molecule has 0 N–H and O–H groups in total. The van der Waals surface area contributed by atoms with E-state index in [1.54, 1.807) is 0 Å². The fraction of sp³-hybridized carbons (Fsp3) is 0.550. The van der Waals surface area contributed by atoms with Crippen LogP contribution in [-0.4, -0.2) is 34.4 Å². The molecule has 1 atom stereocenters. The van der Waals surface area contributed by atoms with Crippen molar-refractivity contribution >= 4 is 11.9 Å². The lowest BCUT2D eigenvalue weighted by Crippen LogP contribution is -2.29. The molecule has 3 rings (SSSR count). The summed E-state index contributed by atoms with van der Waals surface area (Å²) in [6, 6.07) is 6.23. The Morgan fingerprint density at radius 2 is 1.96 bits per heavy atom. The van der Waals surface area contributed by atoms with E-state index in [0.717, 1.165) is 54.4 Å². The average Bonchev–Trinajstić information content (AvgIpc) is 2.94. The number of hydrogen-bond acceptors (Lipinski definition) is 5. The van der Waals surface area contributed by atoms with E-state index in [4.69, 9.17) is 9.26 Å². The second kappa shape index (κ2) is 8.28. The highest BCUT2D eigenvalue weighted by atomic mass is 32.2. The van der Waals surface area contributed by atoms with Crippen molar-refractivity contribution in [1.82, 2.24) is 9.46 Å². The molecule has 1 aromatic heterocycles. The molecule has 0 aliphatic carbocycles. The van der Waals surface area contributed by atoms with Gasteiger partial charge in [0.25, 0.3) is 0 Å². The third-order valence-corrected chi connectivity index (χ3v) is 5.90. The minimum Gasteiger partial charge on any atom is -0.492 e. The molecular weight excluding hydrogens is 332 g/mol. The third-order valence-electron chi connectivity index (χ3n) is 4.64. The maximum atomic E-state index is 6.09. The predicted octanol–water partition coefficient (Wildman–Crippen LogP) is 5.03. The van der Waals surface area contributed by atoms with Crippen LogP contribution in [0.15, 0.2) is 22.7 Å². The van der Waals surface area contributed by atoms with E-state index in [9.17, 15) is 0 Å². The fourth-order valence-electron chi connectivity index (χ4n) is 3.25. The zero-order chi connectivity index (χ0) is 17.8. The second-order valence-electron chi connectivity index (χ2n) is 6.68.